The predicted molar refractivity (Wildman–Crippen MR) is 73.6 cm³/mol. The molecule has 0 amide bonds. The summed E-state index contributed by atoms with van der Waals surface area (Å²) in [4.78, 5) is 17.9. The minimum absolute atomic E-state index is 0.0520. The number of anilines is 1. The fraction of sp³-hybridized carbons (Fsp3) is 0.167. The Morgan fingerprint density at radius 2 is 2.10 bits per heavy atom. The summed E-state index contributed by atoms with van der Waals surface area (Å²) in [5, 5.41) is 11.5. The second-order valence-electron chi connectivity index (χ2n) is 3.96. The Balaban J connectivity index is 2.30. The first kappa shape index (κ1) is 14.0. The molecule has 8 heteroatoms. The van der Waals surface area contributed by atoms with Crippen molar-refractivity contribution in [2.75, 3.05) is 5.73 Å². The monoisotopic (exact) mass is 294 g/mol. The van der Waals surface area contributed by atoms with E-state index in [0.717, 1.165) is 0 Å². The molecule has 1 aromatic heterocycles. The van der Waals surface area contributed by atoms with Crippen molar-refractivity contribution in [2.45, 2.75) is 13.5 Å². The van der Waals surface area contributed by atoms with E-state index in [1.165, 1.54) is 6.92 Å². The van der Waals surface area contributed by atoms with Gasteiger partial charge >= 0.3 is 5.69 Å². The van der Waals surface area contributed by atoms with Crippen molar-refractivity contribution < 1.29 is 9.66 Å². The van der Waals surface area contributed by atoms with Crippen LogP contribution in [-0.2, 0) is 6.61 Å². The second kappa shape index (κ2) is 5.70. The van der Waals surface area contributed by atoms with Crippen molar-refractivity contribution in [3.63, 3.8) is 0 Å². The zero-order valence-corrected chi connectivity index (χ0v) is 11.3. The lowest BCUT2D eigenvalue weighted by Gasteiger charge is -2.08. The van der Waals surface area contributed by atoms with E-state index in [-0.39, 0.29) is 29.8 Å². The van der Waals surface area contributed by atoms with Crippen molar-refractivity contribution in [3.05, 3.63) is 50.7 Å². The second-order valence-corrected chi connectivity index (χ2v) is 4.37. The van der Waals surface area contributed by atoms with Crippen LogP contribution in [0.5, 0.6) is 5.88 Å². The molecule has 0 fully saturated rings. The van der Waals surface area contributed by atoms with Gasteiger partial charge in [0.05, 0.1) is 4.92 Å². The Morgan fingerprint density at radius 1 is 1.40 bits per heavy atom. The number of aromatic nitrogens is 2. The number of hydrogen-bond donors (Lipinski definition) is 1. The Morgan fingerprint density at radius 3 is 2.75 bits per heavy atom. The van der Waals surface area contributed by atoms with Gasteiger partial charge in [0.1, 0.15) is 12.3 Å². The van der Waals surface area contributed by atoms with Gasteiger partial charge in [0.15, 0.2) is 0 Å². The van der Waals surface area contributed by atoms with E-state index in [2.05, 4.69) is 9.97 Å². The number of nitro groups is 1. The molecule has 2 aromatic rings. The molecule has 1 heterocycles. The first-order valence-electron chi connectivity index (χ1n) is 5.63. The first-order chi connectivity index (χ1) is 9.49. The molecule has 0 saturated carbocycles. The molecule has 0 aliphatic rings. The van der Waals surface area contributed by atoms with Crippen LogP contribution in [0, 0.1) is 17.0 Å². The summed E-state index contributed by atoms with van der Waals surface area (Å²) in [6.45, 7) is 1.52. The number of nitrogens with two attached hydrogens (primary N) is 1. The summed E-state index contributed by atoms with van der Waals surface area (Å²) in [5.74, 6) is -0.248. The maximum Gasteiger partial charge on any atom is 0.352 e. The van der Waals surface area contributed by atoms with Crippen molar-refractivity contribution in [1.29, 1.82) is 0 Å². The number of aryl methyl sites for hydroxylation is 1. The smallest absolute Gasteiger partial charge is 0.352 e. The fourth-order valence-corrected chi connectivity index (χ4v) is 1.82. The topological polar surface area (TPSA) is 104 Å². The fourth-order valence-electron chi connectivity index (χ4n) is 1.63. The highest BCUT2D eigenvalue weighted by Gasteiger charge is 2.23. The number of hydrogen-bond acceptors (Lipinski definition) is 6. The van der Waals surface area contributed by atoms with E-state index in [9.17, 15) is 10.1 Å². The van der Waals surface area contributed by atoms with Gasteiger partial charge in [-0.1, -0.05) is 29.8 Å². The van der Waals surface area contributed by atoms with Crippen LogP contribution < -0.4 is 10.5 Å². The predicted octanol–water partition coefficient (Wildman–Crippen LogP) is 2.51. The molecule has 104 valence electrons. The van der Waals surface area contributed by atoms with Crippen LogP contribution in [0.2, 0.25) is 5.02 Å². The molecule has 0 saturated heterocycles. The number of nitrogen functional groups attached to an aromatic ring is 1. The Kier molecular flexibility index (Phi) is 3.99. The maximum absolute atomic E-state index is 11.0. The van der Waals surface area contributed by atoms with Gasteiger partial charge in [-0.05, 0) is 13.0 Å². The third kappa shape index (κ3) is 2.94. The number of rotatable bonds is 4. The van der Waals surface area contributed by atoms with Gasteiger partial charge in [-0.15, -0.1) is 0 Å². The Hall–Kier alpha value is -2.41. The van der Waals surface area contributed by atoms with Gasteiger partial charge in [-0.3, -0.25) is 10.1 Å². The van der Waals surface area contributed by atoms with Gasteiger partial charge in [0.2, 0.25) is 5.95 Å². The van der Waals surface area contributed by atoms with Crippen LogP contribution in [0.1, 0.15) is 11.3 Å². The molecule has 2 rings (SSSR count). The number of benzene rings is 1. The highest BCUT2D eigenvalue weighted by atomic mass is 35.5. The van der Waals surface area contributed by atoms with Crippen LogP contribution in [0.3, 0.4) is 0 Å². The minimum atomic E-state index is -0.600. The van der Waals surface area contributed by atoms with Gasteiger partial charge in [0.25, 0.3) is 5.88 Å². The van der Waals surface area contributed by atoms with Crippen LogP contribution >= 0.6 is 11.6 Å². The largest absolute Gasteiger partial charge is 0.468 e. The molecule has 0 bridgehead atoms. The van der Waals surface area contributed by atoms with E-state index in [1.54, 1.807) is 24.3 Å². The third-order valence-corrected chi connectivity index (χ3v) is 2.92. The molecular formula is C12H11ClN4O3. The van der Waals surface area contributed by atoms with E-state index < -0.39 is 4.92 Å². The molecule has 0 aliphatic heterocycles. The lowest BCUT2D eigenvalue weighted by atomic mass is 10.2. The normalized spacial score (nSPS) is 10.3. The average Bonchev–Trinajstić information content (AvgIpc) is 2.36. The average molecular weight is 295 g/mol. The van der Waals surface area contributed by atoms with Crippen molar-refractivity contribution in [1.82, 2.24) is 9.97 Å². The van der Waals surface area contributed by atoms with Crippen LogP contribution in [0.15, 0.2) is 24.3 Å². The lowest BCUT2D eigenvalue weighted by Crippen LogP contribution is -2.07. The zero-order valence-electron chi connectivity index (χ0n) is 10.5. The van der Waals surface area contributed by atoms with Gasteiger partial charge in [-0.2, -0.15) is 4.98 Å². The van der Waals surface area contributed by atoms with E-state index in [4.69, 9.17) is 22.1 Å². The highest BCUT2D eigenvalue weighted by molar-refractivity contribution is 6.31. The third-order valence-electron chi connectivity index (χ3n) is 2.55. The molecule has 0 aliphatic carbocycles. The molecule has 0 atom stereocenters. The first-order valence-corrected chi connectivity index (χ1v) is 6.01. The van der Waals surface area contributed by atoms with Crippen molar-refractivity contribution in [2.24, 2.45) is 0 Å². The van der Waals surface area contributed by atoms with E-state index in [0.29, 0.717) is 10.6 Å². The summed E-state index contributed by atoms with van der Waals surface area (Å²) < 4.78 is 5.37. The molecule has 0 spiro atoms. The quantitative estimate of drug-likeness (QED) is 0.686. The molecule has 7 nitrogen and oxygen atoms in total. The summed E-state index contributed by atoms with van der Waals surface area (Å²) in [6.07, 6.45) is 0. The summed E-state index contributed by atoms with van der Waals surface area (Å²) in [5.41, 5.74) is 6.02. The van der Waals surface area contributed by atoms with Gasteiger partial charge in [0, 0.05) is 10.6 Å². The number of halogens is 1. The van der Waals surface area contributed by atoms with Crippen molar-refractivity contribution >= 4 is 23.2 Å². The maximum atomic E-state index is 11.0. The lowest BCUT2D eigenvalue weighted by molar-refractivity contribution is -0.387. The summed E-state index contributed by atoms with van der Waals surface area (Å²) in [7, 11) is 0. The SMILES string of the molecule is Cc1nc(N)nc(OCc2ccccc2Cl)c1[N+](=O)[O-]. The molecule has 2 N–H and O–H groups in total. The highest BCUT2D eigenvalue weighted by Crippen LogP contribution is 2.29. The van der Waals surface area contributed by atoms with Gasteiger partial charge < -0.3 is 10.5 Å². The van der Waals surface area contributed by atoms with E-state index >= 15 is 0 Å². The molecule has 20 heavy (non-hydrogen) atoms. The van der Waals surface area contributed by atoms with Crippen LogP contribution in [0.25, 0.3) is 0 Å². The number of ether oxygens (including phenoxy) is 1. The van der Waals surface area contributed by atoms with Gasteiger partial charge in [-0.25, -0.2) is 4.98 Å². The minimum Gasteiger partial charge on any atom is -0.468 e. The number of nitrogens with zero attached hydrogens (tertiary/aromatic N) is 3. The Bertz CT molecular complexity index is 663. The summed E-state index contributed by atoms with van der Waals surface area (Å²) in [6, 6.07) is 7.03. The van der Waals surface area contributed by atoms with Crippen LogP contribution in [0.4, 0.5) is 11.6 Å². The molecular weight excluding hydrogens is 284 g/mol. The van der Waals surface area contributed by atoms with E-state index in [1.807, 2.05) is 0 Å². The summed E-state index contributed by atoms with van der Waals surface area (Å²) >= 11 is 5.98. The standard InChI is InChI=1S/C12H11ClN4O3/c1-7-10(17(18)19)11(16-12(14)15-7)20-6-8-4-2-3-5-9(8)13/h2-5H,6H2,1H3,(H2,14,15,16). The molecule has 0 unspecified atom stereocenters. The molecule has 0 radical (unpaired) electrons. The Labute approximate surface area is 119 Å². The van der Waals surface area contributed by atoms with Crippen LogP contribution in [-0.4, -0.2) is 14.9 Å². The zero-order chi connectivity index (χ0) is 14.7. The van der Waals surface area contributed by atoms with Crippen molar-refractivity contribution in [3.8, 4) is 5.88 Å². The molecule has 1 aromatic carbocycles.